The van der Waals surface area contributed by atoms with Gasteiger partial charge in [-0.25, -0.2) is 4.98 Å². The summed E-state index contributed by atoms with van der Waals surface area (Å²) in [6, 6.07) is 7.84. The number of carbonyl (C=O) groups excluding carboxylic acids is 1. The molecule has 0 unspecified atom stereocenters. The zero-order valence-corrected chi connectivity index (χ0v) is 13.0. The molecule has 0 bridgehead atoms. The third-order valence-corrected chi connectivity index (χ3v) is 4.31. The summed E-state index contributed by atoms with van der Waals surface area (Å²) in [7, 11) is 0. The lowest BCUT2D eigenvalue weighted by atomic mass is 10.1. The third-order valence-electron chi connectivity index (χ3n) is 4.31. The van der Waals surface area contributed by atoms with Crippen molar-refractivity contribution >= 4 is 5.91 Å². The first kappa shape index (κ1) is 14.8. The zero-order valence-electron chi connectivity index (χ0n) is 13.0. The molecule has 3 rings (SSSR count). The number of carbonyl (C=O) groups is 1. The number of likely N-dealkylation sites (tertiary alicyclic amines) is 1. The number of benzene rings is 1. The van der Waals surface area contributed by atoms with E-state index in [9.17, 15) is 4.79 Å². The maximum atomic E-state index is 11.5. The topological polar surface area (TPSA) is 72.4 Å². The van der Waals surface area contributed by atoms with E-state index in [0.717, 1.165) is 42.0 Å². The molecule has 0 radical (unpaired) electrons. The number of nitrogens with two attached hydrogens (primary N) is 1. The van der Waals surface area contributed by atoms with Crippen molar-refractivity contribution < 1.29 is 9.21 Å². The smallest absolute Gasteiger partial charge is 0.234 e. The maximum Gasteiger partial charge on any atom is 0.234 e. The highest BCUT2D eigenvalue weighted by Crippen LogP contribution is 2.27. The Morgan fingerprint density at radius 1 is 1.41 bits per heavy atom. The van der Waals surface area contributed by atoms with Gasteiger partial charge in [0.25, 0.3) is 0 Å². The summed E-state index contributed by atoms with van der Waals surface area (Å²) in [6.45, 7) is 5.44. The van der Waals surface area contributed by atoms with Gasteiger partial charge in [0.2, 0.25) is 11.8 Å². The molecule has 1 aromatic carbocycles. The van der Waals surface area contributed by atoms with Crippen molar-refractivity contribution in [2.75, 3.05) is 6.54 Å². The quantitative estimate of drug-likeness (QED) is 0.941. The van der Waals surface area contributed by atoms with Crippen molar-refractivity contribution in [3.63, 3.8) is 0 Å². The van der Waals surface area contributed by atoms with Crippen molar-refractivity contribution in [3.05, 3.63) is 41.3 Å². The van der Waals surface area contributed by atoms with Crippen LogP contribution in [0.3, 0.4) is 0 Å². The molecule has 1 aromatic heterocycles. The van der Waals surface area contributed by atoms with Gasteiger partial charge in [-0.1, -0.05) is 18.2 Å². The van der Waals surface area contributed by atoms with E-state index in [0.29, 0.717) is 12.4 Å². The summed E-state index contributed by atoms with van der Waals surface area (Å²) in [5.41, 5.74) is 8.49. The molecule has 1 saturated heterocycles. The van der Waals surface area contributed by atoms with Crippen LogP contribution in [0.15, 0.2) is 28.7 Å². The average Bonchev–Trinajstić information content (AvgIpc) is 3.07. The van der Waals surface area contributed by atoms with Gasteiger partial charge in [-0.15, -0.1) is 0 Å². The van der Waals surface area contributed by atoms with E-state index in [1.54, 1.807) is 0 Å². The molecule has 1 amide bonds. The Labute approximate surface area is 130 Å². The van der Waals surface area contributed by atoms with Crippen LogP contribution in [-0.4, -0.2) is 28.4 Å². The lowest BCUT2D eigenvalue weighted by molar-refractivity contribution is -0.122. The Hall–Kier alpha value is -2.14. The Morgan fingerprint density at radius 3 is 2.91 bits per heavy atom. The van der Waals surface area contributed by atoms with Crippen LogP contribution < -0.4 is 5.73 Å². The van der Waals surface area contributed by atoms with Crippen LogP contribution in [0.1, 0.15) is 29.9 Å². The van der Waals surface area contributed by atoms with Gasteiger partial charge in [0.15, 0.2) is 0 Å². The number of hydrogen-bond donors (Lipinski definition) is 1. The molecule has 5 heteroatoms. The second-order valence-corrected chi connectivity index (χ2v) is 5.87. The Bertz CT molecular complexity index is 693. The highest BCUT2D eigenvalue weighted by atomic mass is 16.4. The van der Waals surface area contributed by atoms with Crippen LogP contribution >= 0.6 is 0 Å². The summed E-state index contributed by atoms with van der Waals surface area (Å²) in [5, 5.41) is 0. The Kier molecular flexibility index (Phi) is 3.98. The molecule has 1 fully saturated rings. The van der Waals surface area contributed by atoms with E-state index in [1.807, 2.05) is 38.1 Å². The van der Waals surface area contributed by atoms with Crippen LogP contribution in [-0.2, 0) is 11.3 Å². The zero-order chi connectivity index (χ0) is 15.7. The Morgan fingerprint density at radius 2 is 2.18 bits per heavy atom. The maximum absolute atomic E-state index is 11.5. The minimum Gasteiger partial charge on any atom is -0.441 e. The molecule has 1 atom stereocenters. The van der Waals surface area contributed by atoms with E-state index >= 15 is 0 Å². The molecule has 0 spiro atoms. The molecule has 2 aromatic rings. The lowest BCUT2D eigenvalue weighted by Crippen LogP contribution is -2.39. The SMILES string of the molecule is Cc1ccccc1-c1nc(CN2CCC[C@H]2C(N)=O)c(C)o1. The van der Waals surface area contributed by atoms with Crippen molar-refractivity contribution in [2.45, 2.75) is 39.3 Å². The largest absolute Gasteiger partial charge is 0.441 e. The van der Waals surface area contributed by atoms with Gasteiger partial charge < -0.3 is 10.2 Å². The molecule has 22 heavy (non-hydrogen) atoms. The fourth-order valence-electron chi connectivity index (χ4n) is 3.03. The molecule has 5 nitrogen and oxygen atoms in total. The average molecular weight is 299 g/mol. The van der Waals surface area contributed by atoms with E-state index in [1.165, 1.54) is 0 Å². The minimum atomic E-state index is -0.252. The van der Waals surface area contributed by atoms with Gasteiger partial charge in [-0.3, -0.25) is 9.69 Å². The summed E-state index contributed by atoms with van der Waals surface area (Å²) in [6.07, 6.45) is 1.83. The van der Waals surface area contributed by atoms with Crippen molar-refractivity contribution in [1.29, 1.82) is 0 Å². The molecule has 0 aliphatic carbocycles. The van der Waals surface area contributed by atoms with E-state index in [4.69, 9.17) is 10.2 Å². The monoisotopic (exact) mass is 299 g/mol. The molecule has 1 aliphatic heterocycles. The van der Waals surface area contributed by atoms with Gasteiger partial charge in [0, 0.05) is 12.1 Å². The Balaban J connectivity index is 1.84. The van der Waals surface area contributed by atoms with E-state index in [2.05, 4.69) is 9.88 Å². The van der Waals surface area contributed by atoms with Gasteiger partial charge in [-0.05, 0) is 44.9 Å². The summed E-state index contributed by atoms with van der Waals surface area (Å²) in [4.78, 5) is 18.2. The van der Waals surface area contributed by atoms with Gasteiger partial charge >= 0.3 is 0 Å². The molecule has 2 heterocycles. The first-order chi connectivity index (χ1) is 10.6. The summed E-state index contributed by atoms with van der Waals surface area (Å²) >= 11 is 0. The molecule has 1 aliphatic rings. The molecule has 0 saturated carbocycles. The number of primary amides is 1. The van der Waals surface area contributed by atoms with Crippen LogP contribution in [0, 0.1) is 13.8 Å². The van der Waals surface area contributed by atoms with Crippen LogP contribution in [0.25, 0.3) is 11.5 Å². The van der Waals surface area contributed by atoms with Gasteiger partial charge in [0.1, 0.15) is 5.76 Å². The number of hydrogen-bond acceptors (Lipinski definition) is 4. The lowest BCUT2D eigenvalue weighted by Gasteiger charge is -2.20. The van der Waals surface area contributed by atoms with Crippen LogP contribution in [0.4, 0.5) is 0 Å². The summed E-state index contributed by atoms with van der Waals surface area (Å²) < 4.78 is 5.83. The van der Waals surface area contributed by atoms with Crippen molar-refractivity contribution in [2.24, 2.45) is 5.73 Å². The highest BCUT2D eigenvalue weighted by molar-refractivity contribution is 5.80. The number of amides is 1. The number of aryl methyl sites for hydroxylation is 2. The standard InChI is InChI=1S/C17H21N3O2/c1-11-6-3-4-7-13(11)17-19-14(12(2)22-17)10-20-9-5-8-15(20)16(18)21/h3-4,6-7,15H,5,8-10H2,1-2H3,(H2,18,21)/t15-/m0/s1. The fourth-order valence-corrected chi connectivity index (χ4v) is 3.03. The van der Waals surface area contributed by atoms with Crippen molar-refractivity contribution in [1.82, 2.24) is 9.88 Å². The third kappa shape index (κ3) is 2.76. The highest BCUT2D eigenvalue weighted by Gasteiger charge is 2.30. The normalized spacial score (nSPS) is 18.7. The first-order valence-electron chi connectivity index (χ1n) is 7.62. The molecule has 2 N–H and O–H groups in total. The molecular weight excluding hydrogens is 278 g/mol. The second kappa shape index (κ2) is 5.93. The number of nitrogens with zero attached hydrogens (tertiary/aromatic N) is 2. The first-order valence-corrected chi connectivity index (χ1v) is 7.62. The van der Waals surface area contributed by atoms with Crippen LogP contribution in [0.5, 0.6) is 0 Å². The second-order valence-electron chi connectivity index (χ2n) is 5.87. The fraction of sp³-hybridized carbons (Fsp3) is 0.412. The van der Waals surface area contributed by atoms with E-state index in [-0.39, 0.29) is 11.9 Å². The van der Waals surface area contributed by atoms with Gasteiger partial charge in [-0.2, -0.15) is 0 Å². The minimum absolute atomic E-state index is 0.182. The predicted octanol–water partition coefficient (Wildman–Crippen LogP) is 2.41. The number of rotatable bonds is 4. The molecule has 116 valence electrons. The van der Waals surface area contributed by atoms with Crippen molar-refractivity contribution in [3.8, 4) is 11.5 Å². The summed E-state index contributed by atoms with van der Waals surface area (Å²) in [5.74, 6) is 1.19. The van der Waals surface area contributed by atoms with E-state index < -0.39 is 0 Å². The predicted molar refractivity (Wildman–Crippen MR) is 84.0 cm³/mol. The number of aromatic nitrogens is 1. The molecular formula is C17H21N3O2. The van der Waals surface area contributed by atoms with Crippen LogP contribution in [0.2, 0.25) is 0 Å². The number of oxazole rings is 1. The van der Waals surface area contributed by atoms with Gasteiger partial charge in [0.05, 0.1) is 11.7 Å².